The number of aliphatic hydroxyl groups is 1. The maximum atomic E-state index is 11.6. The summed E-state index contributed by atoms with van der Waals surface area (Å²) in [4.78, 5) is 27.4. The zero-order chi connectivity index (χ0) is 14.4. The lowest BCUT2D eigenvalue weighted by molar-refractivity contribution is -0.124. The number of benzene rings is 1. The fourth-order valence-electron chi connectivity index (χ4n) is 2.14. The number of rotatable bonds is 4. The van der Waals surface area contributed by atoms with Crippen molar-refractivity contribution in [1.29, 1.82) is 0 Å². The number of nitrogens with zero attached hydrogens (tertiary/aromatic N) is 1. The Morgan fingerprint density at radius 2 is 1.80 bits per heavy atom. The van der Waals surface area contributed by atoms with Crippen LogP contribution in [0.5, 0.6) is 0 Å². The number of hydrogen-bond donors (Lipinski definition) is 1. The third-order valence-corrected chi connectivity index (χ3v) is 3.18. The molecule has 0 saturated heterocycles. The first kappa shape index (κ1) is 14.2. The predicted octanol–water partition coefficient (Wildman–Crippen LogP) is 2.78. The fraction of sp³-hybridized carbons (Fsp3) is 0.312. The van der Waals surface area contributed by atoms with Crippen molar-refractivity contribution in [2.45, 2.75) is 32.2 Å². The SMILES string of the molecule is O=C1CCCC(=O)C1=C(O)CC=NCc1ccccc1. The minimum Gasteiger partial charge on any atom is -0.511 e. The average molecular weight is 271 g/mol. The Hall–Kier alpha value is -2.23. The summed E-state index contributed by atoms with van der Waals surface area (Å²) in [6.45, 7) is 0.519. The Morgan fingerprint density at radius 3 is 2.45 bits per heavy atom. The largest absolute Gasteiger partial charge is 0.511 e. The van der Waals surface area contributed by atoms with Crippen LogP contribution in [0.3, 0.4) is 0 Å². The molecule has 0 heterocycles. The molecule has 0 radical (unpaired) electrons. The highest BCUT2D eigenvalue weighted by molar-refractivity contribution is 6.22. The van der Waals surface area contributed by atoms with E-state index in [-0.39, 0.29) is 29.3 Å². The summed E-state index contributed by atoms with van der Waals surface area (Å²) in [5.41, 5.74) is 1.04. The van der Waals surface area contributed by atoms with Gasteiger partial charge in [-0.1, -0.05) is 30.3 Å². The van der Waals surface area contributed by atoms with Crippen LogP contribution in [0.1, 0.15) is 31.2 Å². The molecule has 0 aromatic heterocycles. The van der Waals surface area contributed by atoms with Gasteiger partial charge in [0.1, 0.15) is 5.76 Å². The number of aliphatic hydroxyl groups excluding tert-OH is 1. The third kappa shape index (κ3) is 3.63. The van der Waals surface area contributed by atoms with E-state index in [1.807, 2.05) is 30.3 Å². The van der Waals surface area contributed by atoms with Gasteiger partial charge in [-0.25, -0.2) is 0 Å². The number of carbonyl (C=O) groups excluding carboxylic acids is 2. The van der Waals surface area contributed by atoms with Crippen LogP contribution in [0.25, 0.3) is 0 Å². The molecule has 20 heavy (non-hydrogen) atoms. The van der Waals surface area contributed by atoms with Gasteiger partial charge in [0.2, 0.25) is 0 Å². The molecule has 1 aliphatic rings. The van der Waals surface area contributed by atoms with Gasteiger partial charge in [0.15, 0.2) is 11.6 Å². The van der Waals surface area contributed by atoms with Gasteiger partial charge in [0.05, 0.1) is 12.1 Å². The Morgan fingerprint density at radius 1 is 1.15 bits per heavy atom. The molecule has 0 aliphatic heterocycles. The van der Waals surface area contributed by atoms with Crippen molar-refractivity contribution in [3.63, 3.8) is 0 Å². The second kappa shape index (κ2) is 6.80. The van der Waals surface area contributed by atoms with Crippen LogP contribution in [0.15, 0.2) is 46.7 Å². The van der Waals surface area contributed by atoms with E-state index < -0.39 is 0 Å². The number of allylic oxidation sites excluding steroid dienone is 2. The third-order valence-electron chi connectivity index (χ3n) is 3.18. The summed E-state index contributed by atoms with van der Waals surface area (Å²) in [5.74, 6) is -0.665. The zero-order valence-corrected chi connectivity index (χ0v) is 11.2. The van der Waals surface area contributed by atoms with E-state index in [0.717, 1.165) is 5.56 Å². The Kier molecular flexibility index (Phi) is 4.82. The normalized spacial score (nSPS) is 15.9. The summed E-state index contributed by atoms with van der Waals surface area (Å²) in [6, 6.07) is 9.73. The highest BCUT2D eigenvalue weighted by Crippen LogP contribution is 2.20. The van der Waals surface area contributed by atoms with Crippen molar-refractivity contribution in [3.8, 4) is 0 Å². The summed E-state index contributed by atoms with van der Waals surface area (Å²) in [6.07, 6.45) is 2.93. The van der Waals surface area contributed by atoms with Crippen molar-refractivity contribution in [2.75, 3.05) is 0 Å². The van der Waals surface area contributed by atoms with Crippen LogP contribution in [-0.4, -0.2) is 22.9 Å². The first-order valence-electron chi connectivity index (χ1n) is 6.69. The van der Waals surface area contributed by atoms with Crippen LogP contribution in [0, 0.1) is 0 Å². The van der Waals surface area contributed by atoms with Gasteiger partial charge in [-0.3, -0.25) is 14.6 Å². The van der Waals surface area contributed by atoms with Crippen molar-refractivity contribution in [3.05, 3.63) is 47.2 Å². The maximum Gasteiger partial charge on any atom is 0.169 e. The molecule has 0 amide bonds. The van der Waals surface area contributed by atoms with Crippen molar-refractivity contribution in [1.82, 2.24) is 0 Å². The molecule has 104 valence electrons. The van der Waals surface area contributed by atoms with Crippen LogP contribution < -0.4 is 0 Å². The van der Waals surface area contributed by atoms with Gasteiger partial charge < -0.3 is 5.11 Å². The second-order valence-corrected chi connectivity index (χ2v) is 4.73. The van der Waals surface area contributed by atoms with Crippen LogP contribution in [0.2, 0.25) is 0 Å². The highest BCUT2D eigenvalue weighted by atomic mass is 16.3. The zero-order valence-electron chi connectivity index (χ0n) is 11.2. The molecular formula is C16H17NO3. The summed E-state index contributed by atoms with van der Waals surface area (Å²) < 4.78 is 0. The van der Waals surface area contributed by atoms with E-state index in [4.69, 9.17) is 0 Å². The Balaban J connectivity index is 1.95. The fourth-order valence-corrected chi connectivity index (χ4v) is 2.14. The predicted molar refractivity (Wildman–Crippen MR) is 76.8 cm³/mol. The smallest absolute Gasteiger partial charge is 0.169 e. The molecule has 4 heteroatoms. The lowest BCUT2D eigenvalue weighted by Gasteiger charge is -2.12. The first-order valence-corrected chi connectivity index (χ1v) is 6.69. The number of ketones is 2. The topological polar surface area (TPSA) is 66.7 Å². The lowest BCUT2D eigenvalue weighted by atomic mass is 9.91. The monoisotopic (exact) mass is 271 g/mol. The van der Waals surface area contributed by atoms with Crippen LogP contribution in [-0.2, 0) is 16.1 Å². The minimum atomic E-state index is -0.254. The number of hydrogen-bond acceptors (Lipinski definition) is 4. The highest BCUT2D eigenvalue weighted by Gasteiger charge is 2.26. The molecule has 0 unspecified atom stereocenters. The molecule has 1 aliphatic carbocycles. The van der Waals surface area contributed by atoms with Gasteiger partial charge in [-0.05, 0) is 12.0 Å². The van der Waals surface area contributed by atoms with Gasteiger partial charge >= 0.3 is 0 Å². The Bertz CT molecular complexity index is 540. The molecule has 0 atom stereocenters. The molecular weight excluding hydrogens is 254 g/mol. The lowest BCUT2D eigenvalue weighted by Crippen LogP contribution is -2.20. The van der Waals surface area contributed by atoms with E-state index in [0.29, 0.717) is 25.8 Å². The molecule has 2 rings (SSSR count). The summed E-state index contributed by atoms with van der Waals surface area (Å²) in [7, 11) is 0. The second-order valence-electron chi connectivity index (χ2n) is 4.73. The molecule has 1 fully saturated rings. The summed E-state index contributed by atoms with van der Waals surface area (Å²) >= 11 is 0. The Labute approximate surface area is 117 Å². The van der Waals surface area contributed by atoms with E-state index in [9.17, 15) is 14.7 Å². The standard InChI is InChI=1S/C16H17NO3/c18-13-7-4-8-14(19)16(13)15(20)9-10-17-11-12-5-2-1-3-6-12/h1-3,5-6,10,20H,4,7-9,11H2. The summed E-state index contributed by atoms with van der Waals surface area (Å²) in [5, 5.41) is 9.86. The molecule has 0 spiro atoms. The molecule has 0 bridgehead atoms. The minimum absolute atomic E-state index is 0.0255. The van der Waals surface area contributed by atoms with E-state index in [1.54, 1.807) is 6.21 Å². The number of carbonyl (C=O) groups is 2. The van der Waals surface area contributed by atoms with Crippen LogP contribution in [0.4, 0.5) is 0 Å². The molecule has 1 N–H and O–H groups in total. The first-order chi connectivity index (χ1) is 9.68. The van der Waals surface area contributed by atoms with E-state index in [1.165, 1.54) is 0 Å². The quantitative estimate of drug-likeness (QED) is 0.396. The van der Waals surface area contributed by atoms with E-state index >= 15 is 0 Å². The molecule has 1 aromatic carbocycles. The van der Waals surface area contributed by atoms with Gasteiger partial charge in [-0.15, -0.1) is 0 Å². The molecule has 1 saturated carbocycles. The number of aliphatic imine (C=N–C) groups is 1. The van der Waals surface area contributed by atoms with Gasteiger partial charge in [0, 0.05) is 25.5 Å². The van der Waals surface area contributed by atoms with Gasteiger partial charge in [-0.2, -0.15) is 0 Å². The molecule has 1 aromatic rings. The van der Waals surface area contributed by atoms with Gasteiger partial charge in [0.25, 0.3) is 0 Å². The van der Waals surface area contributed by atoms with Crippen molar-refractivity contribution in [2.24, 2.45) is 4.99 Å². The van der Waals surface area contributed by atoms with E-state index in [2.05, 4.69) is 4.99 Å². The van der Waals surface area contributed by atoms with Crippen molar-refractivity contribution >= 4 is 17.8 Å². The maximum absolute atomic E-state index is 11.6. The average Bonchev–Trinajstić information content (AvgIpc) is 2.44. The number of Topliss-reactive ketones (excluding diaryl/α,β-unsaturated/α-hetero) is 2. The van der Waals surface area contributed by atoms with Crippen LogP contribution >= 0.6 is 0 Å². The van der Waals surface area contributed by atoms with Crippen molar-refractivity contribution < 1.29 is 14.7 Å². The molecule has 4 nitrogen and oxygen atoms in total.